The molecule has 1 radical (unpaired) electrons. The molecule has 0 rings (SSSR count). The maximum atomic E-state index is 4.94. The molecule has 0 aliphatic rings. The highest BCUT2D eigenvalue weighted by atomic mass is 13.9. The topological polar surface area (TPSA) is 0 Å². The minimum absolute atomic E-state index is 0.412. The molecular formula is C6H9. The van der Waals surface area contributed by atoms with Crippen LogP contribution in [0.5, 0.6) is 0 Å². The summed E-state index contributed by atoms with van der Waals surface area (Å²) in [5.74, 6) is 2.92. The Kier molecular flexibility index (Phi) is 2.58. The minimum atomic E-state index is 0.412. The van der Waals surface area contributed by atoms with Crippen molar-refractivity contribution in [3.63, 3.8) is 0 Å². The third-order valence-electron chi connectivity index (χ3n) is 0.466. The molecule has 0 nitrogen and oxygen atoms in total. The fourth-order valence-corrected chi connectivity index (χ4v) is 0.201. The van der Waals surface area contributed by atoms with E-state index in [1.807, 2.05) is 6.92 Å². The molecule has 0 heterocycles. The molecule has 0 spiro atoms. The van der Waals surface area contributed by atoms with Gasteiger partial charge in [-0.2, -0.15) is 0 Å². The van der Waals surface area contributed by atoms with Gasteiger partial charge in [0.2, 0.25) is 0 Å². The van der Waals surface area contributed by atoms with E-state index in [1.165, 1.54) is 0 Å². The van der Waals surface area contributed by atoms with Gasteiger partial charge in [-0.15, -0.1) is 12.3 Å². The first kappa shape index (κ1) is 5.56. The molecule has 1 atom stereocenters. The van der Waals surface area contributed by atoms with E-state index in [2.05, 4.69) is 12.8 Å². The van der Waals surface area contributed by atoms with E-state index in [9.17, 15) is 0 Å². The minimum Gasteiger partial charge on any atom is -0.120 e. The third-order valence-corrected chi connectivity index (χ3v) is 0.466. The summed E-state index contributed by atoms with van der Waals surface area (Å²) in [6.07, 6.45) is 5.73. The van der Waals surface area contributed by atoms with Crippen LogP contribution in [0.3, 0.4) is 0 Å². The van der Waals surface area contributed by atoms with Crippen LogP contribution in [-0.4, -0.2) is 0 Å². The van der Waals surface area contributed by atoms with Crippen molar-refractivity contribution in [3.8, 4) is 12.3 Å². The summed E-state index contributed by atoms with van der Waals surface area (Å²) in [6.45, 7) is 5.69. The van der Waals surface area contributed by atoms with Crippen molar-refractivity contribution < 1.29 is 0 Å². The molecule has 0 aromatic rings. The van der Waals surface area contributed by atoms with Crippen molar-refractivity contribution in [2.24, 2.45) is 5.92 Å². The zero-order valence-electron chi connectivity index (χ0n) is 4.07. The lowest BCUT2D eigenvalue weighted by atomic mass is 10.1. The molecule has 33 valence electrons. The van der Waals surface area contributed by atoms with Gasteiger partial charge in [-0.05, 0) is 12.8 Å². The second-order valence-electron chi connectivity index (χ2n) is 1.51. The molecule has 0 aliphatic carbocycles. The van der Waals surface area contributed by atoms with Crippen LogP contribution in [0.4, 0.5) is 0 Å². The van der Waals surface area contributed by atoms with Gasteiger partial charge in [0.05, 0.1) is 0 Å². The van der Waals surface area contributed by atoms with Crippen LogP contribution < -0.4 is 0 Å². The highest BCUT2D eigenvalue weighted by Gasteiger charge is 1.83. The second-order valence-corrected chi connectivity index (χ2v) is 1.51. The molecule has 0 heteroatoms. The van der Waals surface area contributed by atoms with E-state index in [-0.39, 0.29) is 0 Å². The van der Waals surface area contributed by atoms with Crippen LogP contribution in [0.15, 0.2) is 0 Å². The van der Waals surface area contributed by atoms with Crippen LogP contribution in [-0.2, 0) is 0 Å². The van der Waals surface area contributed by atoms with E-state index >= 15 is 0 Å². The number of hydrogen-bond acceptors (Lipinski definition) is 0. The zero-order valence-corrected chi connectivity index (χ0v) is 4.07. The molecule has 0 aromatic heterocycles. The summed E-state index contributed by atoms with van der Waals surface area (Å²) in [5, 5.41) is 0. The highest BCUT2D eigenvalue weighted by Crippen LogP contribution is 1.93. The second kappa shape index (κ2) is 2.78. The summed E-state index contributed by atoms with van der Waals surface area (Å²) in [4.78, 5) is 0. The Hall–Kier alpha value is -0.440. The lowest BCUT2D eigenvalue weighted by molar-refractivity contribution is 0.755. The molecule has 0 saturated heterocycles. The van der Waals surface area contributed by atoms with Gasteiger partial charge in [-0.1, -0.05) is 6.92 Å². The average Bonchev–Trinajstić information content (AvgIpc) is 1.35. The zero-order chi connectivity index (χ0) is 4.99. The summed E-state index contributed by atoms with van der Waals surface area (Å²) in [7, 11) is 0. The van der Waals surface area contributed by atoms with Crippen molar-refractivity contribution in [1.82, 2.24) is 0 Å². The number of rotatable bonds is 1. The highest BCUT2D eigenvalue weighted by molar-refractivity contribution is 4.85. The van der Waals surface area contributed by atoms with Gasteiger partial charge in [0.15, 0.2) is 0 Å². The maximum Gasteiger partial charge on any atom is 0.0112 e. The van der Waals surface area contributed by atoms with E-state index in [0.717, 1.165) is 6.42 Å². The summed E-state index contributed by atoms with van der Waals surface area (Å²) >= 11 is 0. The van der Waals surface area contributed by atoms with E-state index in [4.69, 9.17) is 6.42 Å². The average molecular weight is 81.1 g/mol. The largest absolute Gasteiger partial charge is 0.120 e. The van der Waals surface area contributed by atoms with E-state index < -0.39 is 0 Å². The Bertz CT molecular complexity index is 54.9. The molecule has 0 aromatic carbocycles. The molecule has 0 amide bonds. The quantitative estimate of drug-likeness (QED) is 0.419. The maximum absolute atomic E-state index is 4.94. The fourth-order valence-electron chi connectivity index (χ4n) is 0.201. The van der Waals surface area contributed by atoms with Gasteiger partial charge in [-0.25, -0.2) is 0 Å². The van der Waals surface area contributed by atoms with Gasteiger partial charge in [-0.3, -0.25) is 0 Å². The first-order chi connectivity index (χ1) is 2.77. The van der Waals surface area contributed by atoms with Crippen molar-refractivity contribution in [2.75, 3.05) is 0 Å². The molecule has 0 fully saturated rings. The first-order valence-corrected chi connectivity index (χ1v) is 2.04. The SMILES string of the molecule is C#CCC([CH2])C. The smallest absolute Gasteiger partial charge is 0.0112 e. The van der Waals surface area contributed by atoms with Crippen molar-refractivity contribution in [2.45, 2.75) is 13.3 Å². The van der Waals surface area contributed by atoms with Crippen molar-refractivity contribution in [3.05, 3.63) is 6.92 Å². The van der Waals surface area contributed by atoms with Gasteiger partial charge in [0, 0.05) is 6.42 Å². The van der Waals surface area contributed by atoms with Gasteiger partial charge in [0.1, 0.15) is 0 Å². The van der Waals surface area contributed by atoms with Gasteiger partial charge in [0.25, 0.3) is 0 Å². The van der Waals surface area contributed by atoms with Crippen LogP contribution in [0.1, 0.15) is 13.3 Å². The molecule has 0 saturated carbocycles. The Labute approximate surface area is 39.6 Å². The predicted octanol–water partition coefficient (Wildman–Crippen LogP) is 1.48. The van der Waals surface area contributed by atoms with E-state index in [1.54, 1.807) is 0 Å². The van der Waals surface area contributed by atoms with Gasteiger partial charge < -0.3 is 0 Å². The lowest BCUT2D eigenvalue weighted by Crippen LogP contribution is -1.80. The molecule has 0 bridgehead atoms. The predicted molar refractivity (Wildman–Crippen MR) is 28.0 cm³/mol. The molecular weight excluding hydrogens is 72.1 g/mol. The first-order valence-electron chi connectivity index (χ1n) is 2.04. The normalized spacial score (nSPS) is 8.33. The Morgan fingerprint density at radius 1 is 2.00 bits per heavy atom. The molecule has 0 aliphatic heterocycles. The summed E-state index contributed by atoms with van der Waals surface area (Å²) < 4.78 is 0. The Morgan fingerprint density at radius 3 is 2.50 bits per heavy atom. The summed E-state index contributed by atoms with van der Waals surface area (Å²) in [6, 6.07) is 0. The molecule has 1 unspecified atom stereocenters. The summed E-state index contributed by atoms with van der Waals surface area (Å²) in [5.41, 5.74) is 0. The van der Waals surface area contributed by atoms with Gasteiger partial charge >= 0.3 is 0 Å². The van der Waals surface area contributed by atoms with Crippen molar-refractivity contribution >= 4 is 0 Å². The van der Waals surface area contributed by atoms with Crippen molar-refractivity contribution in [1.29, 1.82) is 0 Å². The van der Waals surface area contributed by atoms with Crippen LogP contribution in [0.2, 0.25) is 0 Å². The molecule has 0 N–H and O–H groups in total. The van der Waals surface area contributed by atoms with Crippen LogP contribution in [0, 0.1) is 25.2 Å². The monoisotopic (exact) mass is 81.1 g/mol. The standard InChI is InChI=1S/C6H9/c1-4-5-6(2)3/h1,6H,2,5H2,3H3. The number of terminal acetylenes is 1. The molecule has 6 heavy (non-hydrogen) atoms. The third kappa shape index (κ3) is 3.56. The fraction of sp³-hybridized carbons (Fsp3) is 0.500. The van der Waals surface area contributed by atoms with Crippen LogP contribution >= 0.6 is 0 Å². The Balaban J connectivity index is 2.88. The van der Waals surface area contributed by atoms with Crippen LogP contribution in [0.25, 0.3) is 0 Å². The number of hydrogen-bond donors (Lipinski definition) is 0. The Morgan fingerprint density at radius 2 is 2.50 bits per heavy atom. The van der Waals surface area contributed by atoms with E-state index in [0.29, 0.717) is 5.92 Å². The lowest BCUT2D eigenvalue weighted by Gasteiger charge is -1.90.